The van der Waals surface area contributed by atoms with E-state index in [-0.39, 0.29) is 18.3 Å². The summed E-state index contributed by atoms with van der Waals surface area (Å²) in [5.41, 5.74) is 3.28. The Kier molecular flexibility index (Phi) is 6.27. The first-order valence-electron chi connectivity index (χ1n) is 11.7. The smallest absolute Gasteiger partial charge is 0.244 e. The van der Waals surface area contributed by atoms with Gasteiger partial charge in [0.25, 0.3) is 0 Å². The van der Waals surface area contributed by atoms with E-state index in [9.17, 15) is 9.18 Å². The molecule has 1 aliphatic rings. The maximum absolute atomic E-state index is 13.8. The largest absolute Gasteiger partial charge is 0.353 e. The molecule has 35 heavy (non-hydrogen) atoms. The van der Waals surface area contributed by atoms with Crippen molar-refractivity contribution in [2.45, 2.75) is 20.4 Å². The van der Waals surface area contributed by atoms with Crippen molar-refractivity contribution in [1.29, 1.82) is 0 Å². The Bertz CT molecular complexity index is 1350. The molecule has 0 spiro atoms. The third-order valence-corrected chi connectivity index (χ3v) is 6.26. The van der Waals surface area contributed by atoms with Crippen LogP contribution in [0.25, 0.3) is 22.8 Å². The number of carbonyl (C=O) groups excluding carboxylic acids is 1. The van der Waals surface area contributed by atoms with Crippen LogP contribution in [0, 0.1) is 19.7 Å². The summed E-state index contributed by atoms with van der Waals surface area (Å²) in [6.07, 6.45) is 1.82. The number of pyridine rings is 1. The first-order chi connectivity index (χ1) is 17.0. The second kappa shape index (κ2) is 9.66. The number of hydrogen-bond donors (Lipinski definition) is 0. The molecular formula is C27H27FN6O. The van der Waals surface area contributed by atoms with E-state index in [0.717, 1.165) is 24.5 Å². The maximum atomic E-state index is 13.8. The van der Waals surface area contributed by atoms with Gasteiger partial charge in [0.1, 0.15) is 18.2 Å². The summed E-state index contributed by atoms with van der Waals surface area (Å²) in [7, 11) is 0. The zero-order valence-corrected chi connectivity index (χ0v) is 19.9. The molecule has 1 amide bonds. The molecule has 0 bridgehead atoms. The molecule has 2 aromatic carbocycles. The van der Waals surface area contributed by atoms with Crippen LogP contribution in [0.1, 0.15) is 11.1 Å². The van der Waals surface area contributed by atoms with Crippen LogP contribution in [0.2, 0.25) is 0 Å². The van der Waals surface area contributed by atoms with Crippen LogP contribution in [0.4, 0.5) is 10.2 Å². The Balaban J connectivity index is 1.35. The van der Waals surface area contributed by atoms with Crippen molar-refractivity contribution >= 4 is 11.7 Å². The van der Waals surface area contributed by atoms with Gasteiger partial charge >= 0.3 is 0 Å². The molecule has 1 fully saturated rings. The SMILES string of the molecule is Cc1ccnc(N2CCN(C(=O)Cn3nc(-c4ccc(F)c(C)c4)nc3-c3ccccc3)CC2)c1. The third-order valence-electron chi connectivity index (χ3n) is 6.26. The van der Waals surface area contributed by atoms with Crippen LogP contribution in [0.15, 0.2) is 66.9 Å². The van der Waals surface area contributed by atoms with E-state index in [1.54, 1.807) is 23.7 Å². The van der Waals surface area contributed by atoms with Crippen LogP contribution in [0.3, 0.4) is 0 Å². The van der Waals surface area contributed by atoms with E-state index >= 15 is 0 Å². The summed E-state index contributed by atoms with van der Waals surface area (Å²) in [4.78, 5) is 26.5. The number of hydrogen-bond acceptors (Lipinski definition) is 5. The Labute approximate surface area is 203 Å². The van der Waals surface area contributed by atoms with Gasteiger partial charge < -0.3 is 9.80 Å². The van der Waals surface area contributed by atoms with E-state index in [0.29, 0.717) is 35.9 Å². The predicted octanol–water partition coefficient (Wildman–Crippen LogP) is 4.11. The fourth-order valence-electron chi connectivity index (χ4n) is 4.27. The van der Waals surface area contributed by atoms with Crippen molar-refractivity contribution in [3.05, 3.63) is 83.8 Å². The zero-order valence-electron chi connectivity index (χ0n) is 19.9. The van der Waals surface area contributed by atoms with Gasteiger partial charge in [-0.3, -0.25) is 4.79 Å². The van der Waals surface area contributed by atoms with Crippen molar-refractivity contribution in [2.75, 3.05) is 31.1 Å². The van der Waals surface area contributed by atoms with Crippen molar-refractivity contribution in [2.24, 2.45) is 0 Å². The highest BCUT2D eigenvalue weighted by Crippen LogP contribution is 2.24. The molecule has 178 valence electrons. The molecule has 3 heterocycles. The lowest BCUT2D eigenvalue weighted by molar-refractivity contribution is -0.132. The first-order valence-corrected chi connectivity index (χ1v) is 11.7. The fraction of sp³-hybridized carbons (Fsp3) is 0.259. The maximum Gasteiger partial charge on any atom is 0.244 e. The van der Waals surface area contributed by atoms with Crippen molar-refractivity contribution in [3.8, 4) is 22.8 Å². The van der Waals surface area contributed by atoms with E-state index in [1.807, 2.05) is 47.5 Å². The molecule has 0 saturated carbocycles. The summed E-state index contributed by atoms with van der Waals surface area (Å²) in [6.45, 7) is 6.54. The lowest BCUT2D eigenvalue weighted by Gasteiger charge is -2.35. The average molecular weight is 471 g/mol. The van der Waals surface area contributed by atoms with Crippen LogP contribution in [0.5, 0.6) is 0 Å². The molecule has 0 atom stereocenters. The van der Waals surface area contributed by atoms with Crippen LogP contribution in [-0.4, -0.2) is 56.7 Å². The quantitative estimate of drug-likeness (QED) is 0.439. The van der Waals surface area contributed by atoms with Gasteiger partial charge in [0.05, 0.1) is 0 Å². The van der Waals surface area contributed by atoms with Crippen molar-refractivity contribution in [3.63, 3.8) is 0 Å². The van der Waals surface area contributed by atoms with Gasteiger partial charge in [-0.2, -0.15) is 0 Å². The number of amides is 1. The summed E-state index contributed by atoms with van der Waals surface area (Å²) in [5, 5.41) is 4.65. The minimum atomic E-state index is -0.272. The summed E-state index contributed by atoms with van der Waals surface area (Å²) < 4.78 is 15.4. The minimum Gasteiger partial charge on any atom is -0.353 e. The summed E-state index contributed by atoms with van der Waals surface area (Å²) in [6, 6.07) is 18.5. The van der Waals surface area contributed by atoms with Crippen LogP contribution < -0.4 is 4.90 Å². The fourth-order valence-corrected chi connectivity index (χ4v) is 4.27. The van der Waals surface area contributed by atoms with E-state index < -0.39 is 0 Å². The Morgan fingerprint density at radius 2 is 1.71 bits per heavy atom. The van der Waals surface area contributed by atoms with Crippen LogP contribution in [-0.2, 0) is 11.3 Å². The Hall–Kier alpha value is -4.07. The molecule has 0 N–H and O–H groups in total. The average Bonchev–Trinajstić information content (AvgIpc) is 3.30. The molecule has 5 rings (SSSR count). The lowest BCUT2D eigenvalue weighted by Crippen LogP contribution is -2.50. The monoisotopic (exact) mass is 470 g/mol. The molecular weight excluding hydrogens is 443 g/mol. The topological polar surface area (TPSA) is 67.2 Å². The van der Waals surface area contributed by atoms with E-state index in [4.69, 9.17) is 4.98 Å². The zero-order chi connectivity index (χ0) is 24.4. The van der Waals surface area contributed by atoms with Gasteiger partial charge in [0.2, 0.25) is 5.91 Å². The molecule has 7 nitrogen and oxygen atoms in total. The van der Waals surface area contributed by atoms with Crippen molar-refractivity contribution < 1.29 is 9.18 Å². The number of aromatic nitrogens is 4. The number of aryl methyl sites for hydroxylation is 2. The third kappa shape index (κ3) is 4.91. The molecule has 0 unspecified atom stereocenters. The normalized spacial score (nSPS) is 13.8. The number of rotatable bonds is 5. The van der Waals surface area contributed by atoms with Crippen molar-refractivity contribution in [1.82, 2.24) is 24.6 Å². The number of nitrogens with zero attached hydrogens (tertiary/aromatic N) is 6. The second-order valence-electron chi connectivity index (χ2n) is 8.81. The Morgan fingerprint density at radius 1 is 0.943 bits per heavy atom. The molecule has 4 aromatic rings. The molecule has 1 aliphatic heterocycles. The second-order valence-corrected chi connectivity index (χ2v) is 8.81. The Morgan fingerprint density at radius 3 is 2.43 bits per heavy atom. The number of carbonyl (C=O) groups is 1. The standard InChI is InChI=1S/C27H27FN6O/c1-19-10-11-29-24(16-19)32-12-14-33(15-13-32)25(35)18-34-27(21-6-4-3-5-7-21)30-26(31-34)22-8-9-23(28)20(2)17-22/h3-11,16-17H,12-15,18H2,1-2H3. The van der Waals surface area contributed by atoms with Gasteiger partial charge in [-0.25, -0.2) is 19.0 Å². The van der Waals surface area contributed by atoms with E-state index in [2.05, 4.69) is 28.0 Å². The summed E-state index contributed by atoms with van der Waals surface area (Å²) >= 11 is 0. The number of benzene rings is 2. The highest BCUT2D eigenvalue weighted by Gasteiger charge is 2.24. The van der Waals surface area contributed by atoms with Gasteiger partial charge in [-0.05, 0) is 55.3 Å². The van der Waals surface area contributed by atoms with Crippen LogP contribution >= 0.6 is 0 Å². The lowest BCUT2D eigenvalue weighted by atomic mass is 10.1. The number of halogens is 1. The highest BCUT2D eigenvalue weighted by molar-refractivity contribution is 5.77. The van der Waals surface area contributed by atoms with E-state index in [1.165, 1.54) is 11.6 Å². The molecule has 1 saturated heterocycles. The molecule has 2 aromatic heterocycles. The van der Waals surface area contributed by atoms with Gasteiger partial charge in [0.15, 0.2) is 11.6 Å². The number of piperazine rings is 1. The predicted molar refractivity (Wildman–Crippen MR) is 133 cm³/mol. The van der Waals surface area contributed by atoms with Gasteiger partial charge in [-0.1, -0.05) is 30.3 Å². The first kappa shape index (κ1) is 22.7. The number of anilines is 1. The molecule has 0 radical (unpaired) electrons. The van der Waals surface area contributed by atoms with Gasteiger partial charge in [-0.15, -0.1) is 5.10 Å². The minimum absolute atomic E-state index is 0.00855. The van der Waals surface area contributed by atoms with Gasteiger partial charge in [0, 0.05) is 43.5 Å². The molecule has 8 heteroatoms. The highest BCUT2D eigenvalue weighted by atomic mass is 19.1. The molecule has 0 aliphatic carbocycles. The summed E-state index contributed by atoms with van der Waals surface area (Å²) in [5.74, 6) is 1.74.